The van der Waals surface area contributed by atoms with E-state index in [2.05, 4.69) is 10.2 Å². The Hall–Kier alpha value is -2.05. The van der Waals surface area contributed by atoms with Crippen LogP contribution in [0.3, 0.4) is 0 Å². The highest BCUT2D eigenvalue weighted by atomic mass is 16.5. The van der Waals surface area contributed by atoms with Gasteiger partial charge >= 0.3 is 0 Å². The molecule has 0 aromatic carbocycles. The Morgan fingerprint density at radius 2 is 1.92 bits per heavy atom. The van der Waals surface area contributed by atoms with E-state index in [4.69, 9.17) is 13.6 Å². The van der Waals surface area contributed by atoms with E-state index in [1.54, 1.807) is 12.5 Å². The third-order valence-electron chi connectivity index (χ3n) is 4.91. The standard InChI is InChI=1S/C18H22N2O4/c21-18(19-11-13-3-1-9-22-13)17-6-5-15-16(24-17)7-8-20(15)12-14-4-2-10-23-14/h1-4,9-10,15-17H,5-8,11-12H2,(H,19,21)/t15-,16-,17+/m1/s1. The molecule has 0 aliphatic carbocycles. The summed E-state index contributed by atoms with van der Waals surface area (Å²) in [5.41, 5.74) is 0. The fourth-order valence-electron chi connectivity index (χ4n) is 3.71. The maximum absolute atomic E-state index is 12.3. The summed E-state index contributed by atoms with van der Waals surface area (Å²) in [5, 5.41) is 2.90. The van der Waals surface area contributed by atoms with Crippen LogP contribution in [0.1, 0.15) is 30.8 Å². The van der Waals surface area contributed by atoms with Crippen molar-refractivity contribution >= 4 is 5.91 Å². The second-order valence-electron chi connectivity index (χ2n) is 6.44. The smallest absolute Gasteiger partial charge is 0.249 e. The molecule has 24 heavy (non-hydrogen) atoms. The highest BCUT2D eigenvalue weighted by Crippen LogP contribution is 2.32. The lowest BCUT2D eigenvalue weighted by Gasteiger charge is -2.35. The minimum atomic E-state index is -0.357. The summed E-state index contributed by atoms with van der Waals surface area (Å²) in [6, 6.07) is 7.96. The van der Waals surface area contributed by atoms with Gasteiger partial charge in [-0.3, -0.25) is 9.69 Å². The first-order valence-corrected chi connectivity index (χ1v) is 8.51. The van der Waals surface area contributed by atoms with Crippen molar-refractivity contribution in [2.75, 3.05) is 6.54 Å². The fourth-order valence-corrected chi connectivity index (χ4v) is 3.71. The summed E-state index contributed by atoms with van der Waals surface area (Å²) < 4.78 is 16.8. The highest BCUT2D eigenvalue weighted by molar-refractivity contribution is 5.80. The maximum atomic E-state index is 12.3. The third kappa shape index (κ3) is 3.25. The SMILES string of the molecule is O=C(NCc1ccco1)[C@@H]1CC[C@@H]2[C@@H](CCN2Cc2ccco2)O1. The molecule has 0 radical (unpaired) electrons. The van der Waals surface area contributed by atoms with Crippen LogP contribution in [0, 0.1) is 0 Å². The minimum Gasteiger partial charge on any atom is -0.468 e. The first-order chi connectivity index (χ1) is 11.8. The molecule has 2 saturated heterocycles. The van der Waals surface area contributed by atoms with Crippen LogP contribution in [-0.2, 0) is 22.6 Å². The molecule has 2 aromatic heterocycles. The number of amides is 1. The van der Waals surface area contributed by atoms with E-state index >= 15 is 0 Å². The van der Waals surface area contributed by atoms with E-state index in [0.717, 1.165) is 43.9 Å². The minimum absolute atomic E-state index is 0.0469. The fraction of sp³-hybridized carbons (Fsp3) is 0.500. The number of nitrogens with one attached hydrogen (secondary N) is 1. The van der Waals surface area contributed by atoms with Crippen molar-refractivity contribution in [3.8, 4) is 0 Å². The molecule has 6 heteroatoms. The van der Waals surface area contributed by atoms with Crippen LogP contribution in [0.15, 0.2) is 45.6 Å². The number of nitrogens with zero attached hydrogens (tertiary/aromatic N) is 1. The van der Waals surface area contributed by atoms with E-state index < -0.39 is 0 Å². The number of rotatable bonds is 5. The predicted octanol–water partition coefficient (Wildman–Crippen LogP) is 2.31. The summed E-state index contributed by atoms with van der Waals surface area (Å²) in [6.45, 7) is 2.20. The van der Waals surface area contributed by atoms with E-state index in [1.165, 1.54) is 0 Å². The Bertz CT molecular complexity index is 653. The van der Waals surface area contributed by atoms with Gasteiger partial charge in [-0.2, -0.15) is 0 Å². The van der Waals surface area contributed by atoms with Crippen molar-refractivity contribution in [2.24, 2.45) is 0 Å². The first-order valence-electron chi connectivity index (χ1n) is 8.51. The van der Waals surface area contributed by atoms with Crippen LogP contribution in [0.25, 0.3) is 0 Å². The molecule has 2 aliphatic heterocycles. The third-order valence-corrected chi connectivity index (χ3v) is 4.91. The van der Waals surface area contributed by atoms with Crippen molar-refractivity contribution in [1.82, 2.24) is 10.2 Å². The zero-order valence-corrected chi connectivity index (χ0v) is 13.5. The summed E-state index contributed by atoms with van der Waals surface area (Å²) in [6.07, 6.45) is 5.78. The van der Waals surface area contributed by atoms with Crippen molar-refractivity contribution in [3.63, 3.8) is 0 Å². The molecule has 2 aromatic rings. The first kappa shape index (κ1) is 15.5. The van der Waals surface area contributed by atoms with Gasteiger partial charge in [-0.05, 0) is 43.5 Å². The zero-order valence-electron chi connectivity index (χ0n) is 13.5. The monoisotopic (exact) mass is 330 g/mol. The van der Waals surface area contributed by atoms with Gasteiger partial charge in [-0.1, -0.05) is 0 Å². The Labute approximate surface area is 140 Å². The van der Waals surface area contributed by atoms with Gasteiger partial charge in [0.15, 0.2) is 0 Å². The number of ether oxygens (including phenoxy) is 1. The van der Waals surface area contributed by atoms with Crippen molar-refractivity contribution < 1.29 is 18.4 Å². The van der Waals surface area contributed by atoms with Gasteiger partial charge < -0.3 is 18.9 Å². The van der Waals surface area contributed by atoms with Gasteiger partial charge in [-0.15, -0.1) is 0 Å². The van der Waals surface area contributed by atoms with Gasteiger partial charge in [0.2, 0.25) is 5.91 Å². The normalized spacial score (nSPS) is 27.1. The van der Waals surface area contributed by atoms with Gasteiger partial charge in [0, 0.05) is 12.6 Å². The van der Waals surface area contributed by atoms with Gasteiger partial charge in [0.1, 0.15) is 17.6 Å². The molecule has 3 atom stereocenters. The molecule has 4 rings (SSSR count). The zero-order chi connectivity index (χ0) is 16.4. The Morgan fingerprint density at radius 1 is 1.12 bits per heavy atom. The summed E-state index contributed by atoms with van der Waals surface area (Å²) in [5.74, 6) is 1.69. The largest absolute Gasteiger partial charge is 0.468 e. The molecule has 1 amide bonds. The van der Waals surface area contributed by atoms with E-state index in [1.807, 2.05) is 24.3 Å². The Balaban J connectivity index is 1.29. The average Bonchev–Trinajstić information content (AvgIpc) is 3.35. The lowest BCUT2D eigenvalue weighted by atomic mass is 9.98. The predicted molar refractivity (Wildman–Crippen MR) is 86.0 cm³/mol. The Kier molecular flexibility index (Phi) is 4.40. The van der Waals surface area contributed by atoms with Crippen LogP contribution in [0.5, 0.6) is 0 Å². The second-order valence-corrected chi connectivity index (χ2v) is 6.44. The average molecular weight is 330 g/mol. The molecule has 128 valence electrons. The summed E-state index contributed by atoms with van der Waals surface area (Å²) >= 11 is 0. The maximum Gasteiger partial charge on any atom is 0.249 e. The number of carbonyl (C=O) groups excluding carboxylic acids is 1. The highest BCUT2D eigenvalue weighted by Gasteiger charge is 2.41. The molecule has 1 N–H and O–H groups in total. The molecular weight excluding hydrogens is 308 g/mol. The lowest BCUT2D eigenvalue weighted by Crippen LogP contribution is -2.47. The number of carbonyl (C=O) groups is 1. The summed E-state index contributed by atoms with van der Waals surface area (Å²) in [4.78, 5) is 14.7. The van der Waals surface area contributed by atoms with Crippen LogP contribution >= 0.6 is 0 Å². The summed E-state index contributed by atoms with van der Waals surface area (Å²) in [7, 11) is 0. The number of fused-ring (bicyclic) bond motifs is 1. The number of furan rings is 2. The molecule has 0 unspecified atom stereocenters. The molecule has 0 saturated carbocycles. The number of likely N-dealkylation sites (tertiary alicyclic amines) is 1. The molecule has 0 spiro atoms. The molecule has 2 fully saturated rings. The van der Waals surface area contributed by atoms with Gasteiger partial charge in [0.05, 0.1) is 31.7 Å². The van der Waals surface area contributed by atoms with E-state index in [-0.39, 0.29) is 18.1 Å². The van der Waals surface area contributed by atoms with Crippen LogP contribution in [0.4, 0.5) is 0 Å². The molecule has 0 bridgehead atoms. The molecule has 4 heterocycles. The quantitative estimate of drug-likeness (QED) is 0.911. The van der Waals surface area contributed by atoms with Crippen molar-refractivity contribution in [3.05, 3.63) is 48.3 Å². The number of hydrogen-bond acceptors (Lipinski definition) is 5. The van der Waals surface area contributed by atoms with Crippen LogP contribution in [-0.4, -0.2) is 35.6 Å². The van der Waals surface area contributed by atoms with Crippen molar-refractivity contribution in [2.45, 2.75) is 50.6 Å². The van der Waals surface area contributed by atoms with E-state index in [0.29, 0.717) is 12.6 Å². The molecule has 2 aliphatic rings. The lowest BCUT2D eigenvalue weighted by molar-refractivity contribution is -0.144. The molecular formula is C18H22N2O4. The van der Waals surface area contributed by atoms with Crippen molar-refractivity contribution in [1.29, 1.82) is 0 Å². The van der Waals surface area contributed by atoms with Crippen LogP contribution < -0.4 is 5.32 Å². The van der Waals surface area contributed by atoms with Crippen LogP contribution in [0.2, 0.25) is 0 Å². The number of hydrogen-bond donors (Lipinski definition) is 1. The Morgan fingerprint density at radius 3 is 2.67 bits per heavy atom. The second kappa shape index (κ2) is 6.83. The van der Waals surface area contributed by atoms with Gasteiger partial charge in [0.25, 0.3) is 0 Å². The molecule has 6 nitrogen and oxygen atoms in total. The van der Waals surface area contributed by atoms with E-state index in [9.17, 15) is 4.79 Å². The van der Waals surface area contributed by atoms with Gasteiger partial charge in [-0.25, -0.2) is 0 Å². The topological polar surface area (TPSA) is 67.9 Å².